The number of hydrogen-bond acceptors (Lipinski definition) is 5. The van der Waals surface area contributed by atoms with Crippen molar-refractivity contribution < 1.29 is 24.5 Å². The second-order valence-corrected chi connectivity index (χ2v) is 18.3. The van der Waals surface area contributed by atoms with Crippen LogP contribution in [-0.4, -0.2) is 46.9 Å². The molecule has 0 aliphatic carbocycles. The fourth-order valence-corrected chi connectivity index (χ4v) is 7.97. The van der Waals surface area contributed by atoms with Crippen LogP contribution in [0.3, 0.4) is 0 Å². The van der Waals surface area contributed by atoms with Crippen LogP contribution in [0.2, 0.25) is 0 Å². The van der Waals surface area contributed by atoms with Crippen LogP contribution in [0.1, 0.15) is 258 Å². The van der Waals surface area contributed by atoms with Gasteiger partial charge in [-0.15, -0.1) is 0 Å². The van der Waals surface area contributed by atoms with Crippen molar-refractivity contribution in [2.24, 2.45) is 0 Å². The van der Waals surface area contributed by atoms with Gasteiger partial charge in [0, 0.05) is 6.42 Å². The van der Waals surface area contributed by atoms with E-state index in [1.807, 2.05) is 0 Å². The zero-order chi connectivity index (χ0) is 46.7. The van der Waals surface area contributed by atoms with E-state index in [9.17, 15) is 19.8 Å². The van der Waals surface area contributed by atoms with Gasteiger partial charge in [0.25, 0.3) is 0 Å². The first-order chi connectivity index (χ1) is 31.5. The van der Waals surface area contributed by atoms with Crippen molar-refractivity contribution in [1.29, 1.82) is 0 Å². The summed E-state index contributed by atoms with van der Waals surface area (Å²) in [5.74, 6) is -0.518. The molecule has 0 radical (unpaired) electrons. The summed E-state index contributed by atoms with van der Waals surface area (Å²) in [5.41, 5.74) is 0. The van der Waals surface area contributed by atoms with Crippen LogP contribution in [0, 0.1) is 0 Å². The second kappa shape index (κ2) is 51.3. The molecule has 0 heterocycles. The maximum atomic E-state index is 13.2. The summed E-state index contributed by atoms with van der Waals surface area (Å²) in [7, 11) is 0. The van der Waals surface area contributed by atoms with Gasteiger partial charge in [0.2, 0.25) is 5.91 Å². The van der Waals surface area contributed by atoms with Crippen molar-refractivity contribution in [3.8, 4) is 0 Å². The molecule has 0 aliphatic heterocycles. The summed E-state index contributed by atoms with van der Waals surface area (Å²) < 4.78 is 5.93. The largest absolute Gasteiger partial charge is 0.462 e. The number of carbonyl (C=O) groups is 2. The molecule has 3 N–H and O–H groups in total. The zero-order valence-corrected chi connectivity index (χ0v) is 42.1. The molecule has 6 nitrogen and oxygen atoms in total. The lowest BCUT2D eigenvalue weighted by Gasteiger charge is -2.24. The van der Waals surface area contributed by atoms with Gasteiger partial charge in [0.05, 0.1) is 25.2 Å². The Hall–Kier alpha value is -2.70. The summed E-state index contributed by atoms with van der Waals surface area (Å²) in [6.45, 7) is 6.32. The lowest BCUT2D eigenvalue weighted by Crippen LogP contribution is -2.46. The van der Waals surface area contributed by atoms with Gasteiger partial charge < -0.3 is 20.3 Å². The third-order valence-electron chi connectivity index (χ3n) is 12.1. The van der Waals surface area contributed by atoms with Gasteiger partial charge in [-0.2, -0.15) is 0 Å². The molecule has 0 bridgehead atoms. The van der Waals surface area contributed by atoms with Crippen LogP contribution < -0.4 is 5.32 Å². The highest BCUT2D eigenvalue weighted by molar-refractivity contribution is 5.77. The van der Waals surface area contributed by atoms with E-state index in [1.54, 1.807) is 0 Å². The van der Waals surface area contributed by atoms with Crippen LogP contribution in [0.4, 0.5) is 0 Å². The van der Waals surface area contributed by atoms with Crippen LogP contribution in [-0.2, 0) is 14.3 Å². The Morgan fingerprint density at radius 2 is 0.906 bits per heavy atom. The highest BCUT2D eigenvalue weighted by Gasteiger charge is 2.24. The Morgan fingerprint density at radius 1 is 0.484 bits per heavy atom. The molecular weight excluding hydrogens is 791 g/mol. The molecule has 0 aromatic heterocycles. The van der Waals surface area contributed by atoms with Crippen LogP contribution in [0.15, 0.2) is 72.9 Å². The molecule has 0 rings (SSSR count). The van der Waals surface area contributed by atoms with Gasteiger partial charge in [0.1, 0.15) is 6.10 Å². The summed E-state index contributed by atoms with van der Waals surface area (Å²) in [4.78, 5) is 26.2. The molecule has 6 heteroatoms. The quantitative estimate of drug-likeness (QED) is 0.0245. The van der Waals surface area contributed by atoms with Crippen molar-refractivity contribution in [2.45, 2.75) is 277 Å². The number of esters is 1. The van der Waals surface area contributed by atoms with Crippen molar-refractivity contribution in [3.05, 3.63) is 72.9 Å². The predicted octanol–water partition coefficient (Wildman–Crippen LogP) is 16.6. The minimum absolute atomic E-state index is 0.0520. The normalized spacial score (nSPS) is 13.8. The van der Waals surface area contributed by atoms with Gasteiger partial charge in [-0.25, -0.2) is 0 Å². The number of aliphatic hydroxyl groups excluding tert-OH is 2. The number of unbranched alkanes of at least 4 members (excludes halogenated alkanes) is 26. The summed E-state index contributed by atoms with van der Waals surface area (Å²) in [6, 6.07) is -0.717. The molecule has 0 aromatic carbocycles. The van der Waals surface area contributed by atoms with E-state index in [0.29, 0.717) is 19.3 Å². The van der Waals surface area contributed by atoms with Gasteiger partial charge in [0.15, 0.2) is 0 Å². The average molecular weight is 894 g/mol. The number of aliphatic hydroxyl groups is 2. The minimum atomic E-state index is -0.801. The van der Waals surface area contributed by atoms with Crippen LogP contribution in [0.5, 0.6) is 0 Å². The number of rotatable bonds is 48. The number of hydrogen-bond donors (Lipinski definition) is 3. The number of nitrogens with one attached hydrogen (secondary N) is 1. The Morgan fingerprint density at radius 3 is 1.44 bits per heavy atom. The number of carbonyl (C=O) groups excluding carboxylic acids is 2. The second-order valence-electron chi connectivity index (χ2n) is 18.3. The molecular formula is C58H103NO5. The van der Waals surface area contributed by atoms with Crippen molar-refractivity contribution in [3.63, 3.8) is 0 Å². The third-order valence-corrected chi connectivity index (χ3v) is 12.1. The van der Waals surface area contributed by atoms with Crippen molar-refractivity contribution >= 4 is 11.9 Å². The topological polar surface area (TPSA) is 95.9 Å². The SMILES string of the molecule is CC/C=C/C=C/C=C\CCCCCCCC(=O)OC(CCCCCC/C=C\C/C=C\C/C=C\CCCCC)CC(=O)NC(CO)C(O)CCCCCCCCCCCCCCCCC. The molecule has 3 unspecified atom stereocenters. The smallest absolute Gasteiger partial charge is 0.306 e. The van der Waals surface area contributed by atoms with Crippen molar-refractivity contribution in [2.75, 3.05) is 6.61 Å². The lowest BCUT2D eigenvalue weighted by molar-refractivity contribution is -0.151. The first-order valence-corrected chi connectivity index (χ1v) is 27.2. The fourth-order valence-electron chi connectivity index (χ4n) is 7.97. The Bertz CT molecular complexity index is 1190. The Kier molecular flexibility index (Phi) is 49.1. The fraction of sp³-hybridized carbons (Fsp3) is 0.759. The van der Waals surface area contributed by atoms with Gasteiger partial charge >= 0.3 is 5.97 Å². The molecule has 0 spiro atoms. The van der Waals surface area contributed by atoms with E-state index < -0.39 is 18.2 Å². The monoisotopic (exact) mass is 894 g/mol. The number of allylic oxidation sites excluding steroid dienone is 12. The minimum Gasteiger partial charge on any atom is -0.462 e. The molecule has 3 atom stereocenters. The standard InChI is InChI=1S/C58H103NO5/c1-4-7-10-13-16-19-22-25-27-28-30-32-34-37-40-43-46-49-54(64-58(63)51-48-45-42-39-36-31-24-21-18-15-12-9-6-3)52-57(62)59-55(53-60)56(61)50-47-44-41-38-35-33-29-26-23-20-17-14-11-8-5-2/h9,12,15-16,18-19,21,24-25,27,30,32,54-56,60-61H,4-8,10-11,13-14,17,20,22-23,26,28-29,31,33-53H2,1-3H3,(H,59,62)/b12-9+,18-15+,19-16-,24-21-,27-25-,32-30-. The average Bonchev–Trinajstić information content (AvgIpc) is 3.29. The first-order valence-electron chi connectivity index (χ1n) is 27.2. The van der Waals surface area contributed by atoms with Gasteiger partial charge in [-0.3, -0.25) is 9.59 Å². The Balaban J connectivity index is 4.64. The molecule has 0 aromatic rings. The maximum absolute atomic E-state index is 13.2. The zero-order valence-electron chi connectivity index (χ0n) is 42.1. The molecule has 0 saturated heterocycles. The summed E-state index contributed by atoms with van der Waals surface area (Å²) >= 11 is 0. The van der Waals surface area contributed by atoms with E-state index in [0.717, 1.165) is 109 Å². The van der Waals surface area contributed by atoms with Crippen molar-refractivity contribution in [1.82, 2.24) is 5.32 Å². The first kappa shape index (κ1) is 61.3. The molecule has 64 heavy (non-hydrogen) atoms. The third kappa shape index (κ3) is 45.9. The highest BCUT2D eigenvalue weighted by Crippen LogP contribution is 2.18. The molecule has 1 amide bonds. The molecule has 0 aliphatic rings. The van der Waals surface area contributed by atoms with Crippen LogP contribution >= 0.6 is 0 Å². The van der Waals surface area contributed by atoms with E-state index in [2.05, 4.69) is 99.0 Å². The highest BCUT2D eigenvalue weighted by atomic mass is 16.5. The lowest BCUT2D eigenvalue weighted by atomic mass is 10.0. The van der Waals surface area contributed by atoms with Crippen LogP contribution in [0.25, 0.3) is 0 Å². The summed E-state index contributed by atoms with van der Waals surface area (Å²) in [6.07, 6.45) is 65.3. The molecule has 0 fully saturated rings. The number of ether oxygens (including phenoxy) is 1. The van der Waals surface area contributed by atoms with Gasteiger partial charge in [-0.1, -0.05) is 235 Å². The van der Waals surface area contributed by atoms with E-state index in [-0.39, 0.29) is 24.9 Å². The molecule has 0 saturated carbocycles. The van der Waals surface area contributed by atoms with E-state index in [1.165, 1.54) is 103 Å². The number of amides is 1. The maximum Gasteiger partial charge on any atom is 0.306 e. The van der Waals surface area contributed by atoms with E-state index in [4.69, 9.17) is 4.74 Å². The summed E-state index contributed by atoms with van der Waals surface area (Å²) in [5, 5.41) is 23.8. The Labute approximate surface area is 396 Å². The molecule has 370 valence electrons. The van der Waals surface area contributed by atoms with E-state index >= 15 is 0 Å². The van der Waals surface area contributed by atoms with Gasteiger partial charge in [-0.05, 0) is 83.5 Å². The predicted molar refractivity (Wildman–Crippen MR) is 278 cm³/mol.